The van der Waals surface area contributed by atoms with Gasteiger partial charge in [-0.05, 0) is 37.0 Å². The van der Waals surface area contributed by atoms with Crippen LogP contribution in [0.4, 0.5) is 0 Å². The van der Waals surface area contributed by atoms with Crippen molar-refractivity contribution in [2.45, 2.75) is 32.3 Å². The Kier molecular flexibility index (Phi) is 3.66. The van der Waals surface area contributed by atoms with Gasteiger partial charge in [0.25, 0.3) is 5.91 Å². The number of hydrogen-bond donors (Lipinski definition) is 2. The van der Waals surface area contributed by atoms with Crippen molar-refractivity contribution in [1.82, 2.24) is 10.6 Å². The van der Waals surface area contributed by atoms with Crippen LogP contribution in [0, 0.1) is 5.92 Å². The monoisotopic (exact) mass is 274 g/mol. The summed E-state index contributed by atoms with van der Waals surface area (Å²) >= 11 is 0. The van der Waals surface area contributed by atoms with Gasteiger partial charge in [-0.1, -0.05) is 13.0 Å². The summed E-state index contributed by atoms with van der Waals surface area (Å²) in [6.45, 7) is 6.83. The van der Waals surface area contributed by atoms with Crippen LogP contribution in [0.5, 0.6) is 5.75 Å². The van der Waals surface area contributed by atoms with Gasteiger partial charge >= 0.3 is 0 Å². The van der Waals surface area contributed by atoms with Crippen LogP contribution in [0.2, 0.25) is 0 Å². The predicted octanol–water partition coefficient (Wildman–Crippen LogP) is 1.91. The third-order valence-corrected chi connectivity index (χ3v) is 4.45. The molecule has 4 heteroatoms. The van der Waals surface area contributed by atoms with Crippen molar-refractivity contribution in [2.75, 3.05) is 19.6 Å². The minimum Gasteiger partial charge on any atom is -0.491 e. The minimum absolute atomic E-state index is 0.0315. The van der Waals surface area contributed by atoms with Crippen LogP contribution >= 0.6 is 0 Å². The third-order valence-electron chi connectivity index (χ3n) is 4.45. The molecular formula is C16H22N2O2. The first-order chi connectivity index (χ1) is 9.69. The lowest BCUT2D eigenvalue weighted by Gasteiger charge is -2.18. The molecule has 2 aliphatic rings. The molecule has 1 amide bonds. The predicted molar refractivity (Wildman–Crippen MR) is 78.3 cm³/mol. The highest BCUT2D eigenvalue weighted by Crippen LogP contribution is 2.34. The maximum atomic E-state index is 12.3. The summed E-state index contributed by atoms with van der Waals surface area (Å²) < 4.78 is 5.83. The Hall–Kier alpha value is -1.55. The van der Waals surface area contributed by atoms with Crippen LogP contribution in [-0.4, -0.2) is 31.6 Å². The SMILES string of the molecule is CCC(C)Oc1ccc2c(c1)C(=O)NC[C@H]1CNC[C@H]21. The van der Waals surface area contributed by atoms with E-state index in [1.54, 1.807) is 0 Å². The number of hydrogen-bond acceptors (Lipinski definition) is 3. The zero-order valence-electron chi connectivity index (χ0n) is 12.1. The molecule has 4 nitrogen and oxygen atoms in total. The van der Waals surface area contributed by atoms with Crippen molar-refractivity contribution in [3.8, 4) is 5.75 Å². The van der Waals surface area contributed by atoms with Crippen LogP contribution in [0.25, 0.3) is 0 Å². The Labute approximate surface area is 119 Å². The second-order valence-electron chi connectivity index (χ2n) is 5.82. The molecule has 1 aromatic rings. The maximum Gasteiger partial charge on any atom is 0.251 e. The first kappa shape index (κ1) is 13.4. The molecule has 0 aliphatic carbocycles. The van der Waals surface area contributed by atoms with Crippen molar-refractivity contribution < 1.29 is 9.53 Å². The van der Waals surface area contributed by atoms with Crippen molar-refractivity contribution in [3.05, 3.63) is 29.3 Å². The number of nitrogens with one attached hydrogen (secondary N) is 2. The Balaban J connectivity index is 1.94. The maximum absolute atomic E-state index is 12.3. The lowest BCUT2D eigenvalue weighted by Crippen LogP contribution is -2.28. The zero-order chi connectivity index (χ0) is 14.1. The van der Waals surface area contributed by atoms with E-state index in [-0.39, 0.29) is 12.0 Å². The normalized spacial score (nSPS) is 26.2. The molecule has 0 spiro atoms. The summed E-state index contributed by atoms with van der Waals surface area (Å²) in [5.41, 5.74) is 1.94. The van der Waals surface area contributed by atoms with Crippen LogP contribution < -0.4 is 15.4 Å². The summed E-state index contributed by atoms with van der Waals surface area (Å²) in [6, 6.07) is 5.97. The fourth-order valence-electron chi connectivity index (χ4n) is 3.07. The van der Waals surface area contributed by atoms with Crippen LogP contribution in [0.3, 0.4) is 0 Å². The van der Waals surface area contributed by atoms with Crippen molar-refractivity contribution >= 4 is 5.91 Å². The van der Waals surface area contributed by atoms with Gasteiger partial charge in [-0.3, -0.25) is 4.79 Å². The summed E-state index contributed by atoms with van der Waals surface area (Å²) in [7, 11) is 0. The molecule has 0 saturated carbocycles. The van der Waals surface area contributed by atoms with E-state index < -0.39 is 0 Å². The molecule has 2 aliphatic heterocycles. The molecule has 3 atom stereocenters. The number of carbonyl (C=O) groups is 1. The largest absolute Gasteiger partial charge is 0.491 e. The number of carbonyl (C=O) groups excluding carboxylic acids is 1. The summed E-state index contributed by atoms with van der Waals surface area (Å²) in [4.78, 5) is 12.3. The Bertz CT molecular complexity index is 515. The highest BCUT2D eigenvalue weighted by atomic mass is 16.5. The molecule has 108 valence electrons. The van der Waals surface area contributed by atoms with Crippen LogP contribution in [0.1, 0.15) is 42.1 Å². The van der Waals surface area contributed by atoms with E-state index in [2.05, 4.69) is 23.6 Å². The lowest BCUT2D eigenvalue weighted by molar-refractivity contribution is 0.0951. The first-order valence-corrected chi connectivity index (χ1v) is 7.48. The minimum atomic E-state index is 0.0315. The Morgan fingerprint density at radius 2 is 2.20 bits per heavy atom. The second-order valence-corrected chi connectivity index (χ2v) is 5.82. The van der Waals surface area contributed by atoms with Gasteiger partial charge in [0.15, 0.2) is 0 Å². The summed E-state index contributed by atoms with van der Waals surface area (Å²) in [6.07, 6.45) is 1.13. The quantitative estimate of drug-likeness (QED) is 0.885. The van der Waals surface area contributed by atoms with Crippen molar-refractivity contribution in [1.29, 1.82) is 0 Å². The van der Waals surface area contributed by atoms with E-state index >= 15 is 0 Å². The summed E-state index contributed by atoms with van der Waals surface area (Å²) in [5.74, 6) is 1.75. The standard InChI is InChI=1S/C16H22N2O2/c1-3-10(2)20-12-4-5-13-14(6-12)16(19)18-8-11-7-17-9-15(11)13/h4-6,10-11,15,17H,3,7-9H2,1-2H3,(H,18,19)/t10?,11-,15+/m1/s1. The van der Waals surface area contributed by atoms with Gasteiger partial charge in [0.05, 0.1) is 6.10 Å². The van der Waals surface area contributed by atoms with Gasteiger partial charge < -0.3 is 15.4 Å². The molecular weight excluding hydrogens is 252 g/mol. The Morgan fingerprint density at radius 1 is 1.35 bits per heavy atom. The molecule has 0 aromatic heterocycles. The van der Waals surface area contributed by atoms with Gasteiger partial charge in [-0.2, -0.15) is 0 Å². The van der Waals surface area contributed by atoms with Crippen LogP contribution in [0.15, 0.2) is 18.2 Å². The average Bonchev–Trinajstić information content (AvgIpc) is 2.88. The molecule has 2 N–H and O–H groups in total. The number of benzene rings is 1. The van der Waals surface area contributed by atoms with E-state index in [0.29, 0.717) is 11.8 Å². The molecule has 0 radical (unpaired) electrons. The number of ether oxygens (including phenoxy) is 1. The molecule has 20 heavy (non-hydrogen) atoms. The third kappa shape index (κ3) is 2.40. The molecule has 1 aromatic carbocycles. The molecule has 1 fully saturated rings. The number of fused-ring (bicyclic) bond motifs is 3. The second kappa shape index (κ2) is 5.44. The first-order valence-electron chi connectivity index (χ1n) is 7.48. The Morgan fingerprint density at radius 3 is 3.00 bits per heavy atom. The number of rotatable bonds is 3. The van der Waals surface area contributed by atoms with E-state index in [4.69, 9.17) is 4.74 Å². The number of amides is 1. The highest BCUT2D eigenvalue weighted by Gasteiger charge is 2.34. The van der Waals surface area contributed by atoms with Crippen molar-refractivity contribution in [2.24, 2.45) is 5.92 Å². The van der Waals surface area contributed by atoms with E-state index in [9.17, 15) is 4.79 Å². The molecule has 1 unspecified atom stereocenters. The topological polar surface area (TPSA) is 50.4 Å². The van der Waals surface area contributed by atoms with Gasteiger partial charge in [-0.15, -0.1) is 0 Å². The highest BCUT2D eigenvalue weighted by molar-refractivity contribution is 5.96. The molecule has 1 saturated heterocycles. The van der Waals surface area contributed by atoms with Gasteiger partial charge in [0.2, 0.25) is 0 Å². The molecule has 3 rings (SSSR count). The van der Waals surface area contributed by atoms with E-state index in [1.807, 2.05) is 19.1 Å². The lowest BCUT2D eigenvalue weighted by atomic mass is 9.87. The molecule has 2 heterocycles. The molecule has 0 bridgehead atoms. The average molecular weight is 274 g/mol. The fraction of sp³-hybridized carbons (Fsp3) is 0.562. The van der Waals surface area contributed by atoms with Gasteiger partial charge in [-0.25, -0.2) is 0 Å². The smallest absolute Gasteiger partial charge is 0.251 e. The van der Waals surface area contributed by atoms with Crippen molar-refractivity contribution in [3.63, 3.8) is 0 Å². The van der Waals surface area contributed by atoms with E-state index in [1.165, 1.54) is 0 Å². The van der Waals surface area contributed by atoms with Crippen LogP contribution in [-0.2, 0) is 0 Å². The van der Waals surface area contributed by atoms with E-state index in [0.717, 1.165) is 42.9 Å². The van der Waals surface area contributed by atoms with Gasteiger partial charge in [0.1, 0.15) is 5.75 Å². The fourth-order valence-corrected chi connectivity index (χ4v) is 3.07. The van der Waals surface area contributed by atoms with Gasteiger partial charge in [0, 0.05) is 31.1 Å². The summed E-state index contributed by atoms with van der Waals surface area (Å²) in [5, 5.41) is 6.45. The zero-order valence-corrected chi connectivity index (χ0v) is 12.1.